The summed E-state index contributed by atoms with van der Waals surface area (Å²) >= 11 is 0. The zero-order chi connectivity index (χ0) is 31.9. The molecule has 0 unspecified atom stereocenters. The van der Waals surface area contributed by atoms with Gasteiger partial charge in [0.25, 0.3) is 21.6 Å². The van der Waals surface area contributed by atoms with E-state index in [4.69, 9.17) is 9.47 Å². The summed E-state index contributed by atoms with van der Waals surface area (Å²) in [7, 11) is -1.99. The number of anilines is 2. The summed E-state index contributed by atoms with van der Waals surface area (Å²) in [5.41, 5.74) is 0.440. The summed E-state index contributed by atoms with van der Waals surface area (Å²) in [5, 5.41) is 17.2. The third-order valence-corrected chi connectivity index (χ3v) is 8.47. The van der Waals surface area contributed by atoms with Gasteiger partial charge < -0.3 is 20.1 Å². The molecule has 0 radical (unpaired) electrons. The van der Waals surface area contributed by atoms with Crippen LogP contribution in [-0.4, -0.2) is 45.9 Å². The van der Waals surface area contributed by atoms with Gasteiger partial charge >= 0.3 is 0 Å². The van der Waals surface area contributed by atoms with Crippen LogP contribution in [0.1, 0.15) is 28.9 Å². The summed E-state index contributed by atoms with van der Waals surface area (Å²) in [6, 6.07) is 24.3. The molecule has 4 rings (SSSR count). The summed E-state index contributed by atoms with van der Waals surface area (Å²) in [5.74, 6) is -0.892. The van der Waals surface area contributed by atoms with E-state index in [1.165, 1.54) is 56.7 Å². The molecule has 0 aromatic heterocycles. The predicted octanol–water partition coefficient (Wildman–Crippen LogP) is 4.94. The molecular formula is C31H30N4O8S. The summed E-state index contributed by atoms with van der Waals surface area (Å²) in [6.45, 7) is 1.01. The van der Waals surface area contributed by atoms with Gasteiger partial charge in [0.15, 0.2) is 4.90 Å². The Morgan fingerprint density at radius 1 is 0.909 bits per heavy atom. The van der Waals surface area contributed by atoms with Gasteiger partial charge in [0, 0.05) is 12.1 Å². The number of para-hydroxylation sites is 2. The molecule has 2 N–H and O–H groups in total. The minimum absolute atomic E-state index is 0.0361. The van der Waals surface area contributed by atoms with Gasteiger partial charge in [0.1, 0.15) is 18.0 Å². The lowest BCUT2D eigenvalue weighted by Crippen LogP contribution is -2.39. The van der Waals surface area contributed by atoms with Crippen molar-refractivity contribution in [3.05, 3.63) is 118 Å². The first-order valence-corrected chi connectivity index (χ1v) is 14.7. The number of sulfonamides is 1. The van der Waals surface area contributed by atoms with E-state index in [0.717, 1.165) is 17.7 Å². The summed E-state index contributed by atoms with van der Waals surface area (Å²) in [6.07, 6.45) is 0. The maximum Gasteiger partial charge on any atom is 0.289 e. The van der Waals surface area contributed by atoms with Crippen LogP contribution in [0.15, 0.2) is 102 Å². The lowest BCUT2D eigenvalue weighted by Gasteiger charge is -2.26. The normalized spacial score (nSPS) is 11.6. The van der Waals surface area contributed by atoms with E-state index in [-0.39, 0.29) is 28.7 Å². The molecule has 0 aliphatic rings. The van der Waals surface area contributed by atoms with Gasteiger partial charge in [-0.15, -0.1) is 0 Å². The van der Waals surface area contributed by atoms with E-state index in [0.29, 0.717) is 10.1 Å². The van der Waals surface area contributed by atoms with E-state index in [9.17, 15) is 28.1 Å². The van der Waals surface area contributed by atoms with Crippen molar-refractivity contribution < 1.29 is 32.4 Å². The Bertz CT molecular complexity index is 1780. The van der Waals surface area contributed by atoms with E-state index in [1.807, 2.05) is 37.3 Å². The standard InChI is InChI=1S/C31H30N4O8S/c1-21(22-11-5-4-6-12-22)32-31(37)24-13-7-8-14-25(24)33-30(36)20-34(26-18-17-23(42-2)19-28(26)43-3)44(40,41)29-16-10-9-15-27(29)35(38)39/h4-19,21H,20H2,1-3H3,(H,32,37)(H,33,36)/t21-/m0/s1. The minimum atomic E-state index is -4.71. The first kappa shape index (κ1) is 31.5. The van der Waals surface area contributed by atoms with Crippen molar-refractivity contribution >= 4 is 38.9 Å². The van der Waals surface area contributed by atoms with Crippen LogP contribution in [0.5, 0.6) is 11.5 Å². The topological polar surface area (TPSA) is 157 Å². The molecule has 0 aliphatic heterocycles. The van der Waals surface area contributed by atoms with Gasteiger partial charge in [-0.1, -0.05) is 54.6 Å². The molecule has 4 aromatic carbocycles. The molecule has 0 spiro atoms. The maximum absolute atomic E-state index is 14.0. The highest BCUT2D eigenvalue weighted by atomic mass is 32.2. The van der Waals surface area contributed by atoms with Crippen LogP contribution < -0.4 is 24.4 Å². The molecule has 228 valence electrons. The highest BCUT2D eigenvalue weighted by molar-refractivity contribution is 7.93. The van der Waals surface area contributed by atoms with Crippen molar-refractivity contribution in [1.82, 2.24) is 5.32 Å². The largest absolute Gasteiger partial charge is 0.497 e. The number of carbonyl (C=O) groups excluding carboxylic acids is 2. The fourth-order valence-electron chi connectivity index (χ4n) is 4.45. The highest BCUT2D eigenvalue weighted by Gasteiger charge is 2.35. The Labute approximate surface area is 254 Å². The fourth-order valence-corrected chi connectivity index (χ4v) is 6.04. The van der Waals surface area contributed by atoms with Crippen LogP contribution >= 0.6 is 0 Å². The second-order valence-corrected chi connectivity index (χ2v) is 11.3. The Morgan fingerprint density at radius 2 is 1.57 bits per heavy atom. The Balaban J connectivity index is 1.69. The van der Waals surface area contributed by atoms with Crippen molar-refractivity contribution in [2.24, 2.45) is 0 Å². The zero-order valence-electron chi connectivity index (χ0n) is 24.1. The third kappa shape index (κ3) is 6.95. The monoisotopic (exact) mass is 618 g/mol. The number of ether oxygens (including phenoxy) is 2. The van der Waals surface area contributed by atoms with Gasteiger partial charge in [-0.25, -0.2) is 8.42 Å². The van der Waals surface area contributed by atoms with Crippen molar-refractivity contribution in [3.63, 3.8) is 0 Å². The Hall–Kier alpha value is -5.43. The van der Waals surface area contributed by atoms with E-state index in [2.05, 4.69) is 10.6 Å². The van der Waals surface area contributed by atoms with Crippen molar-refractivity contribution in [2.45, 2.75) is 17.9 Å². The van der Waals surface area contributed by atoms with Crippen LogP contribution in [-0.2, 0) is 14.8 Å². The highest BCUT2D eigenvalue weighted by Crippen LogP contribution is 2.37. The lowest BCUT2D eigenvalue weighted by molar-refractivity contribution is -0.387. The predicted molar refractivity (Wildman–Crippen MR) is 165 cm³/mol. The molecule has 12 nitrogen and oxygen atoms in total. The first-order valence-electron chi connectivity index (χ1n) is 13.3. The SMILES string of the molecule is COc1ccc(N(CC(=O)Nc2ccccc2C(=O)N[C@@H](C)c2ccccc2)S(=O)(=O)c2ccccc2[N+](=O)[O-])c(OC)c1. The van der Waals surface area contributed by atoms with Gasteiger partial charge in [-0.05, 0) is 42.8 Å². The molecule has 0 heterocycles. The fraction of sp³-hybridized carbons (Fsp3) is 0.161. The van der Waals surface area contributed by atoms with Crippen LogP contribution in [0, 0.1) is 10.1 Å². The average molecular weight is 619 g/mol. The van der Waals surface area contributed by atoms with Crippen LogP contribution in [0.2, 0.25) is 0 Å². The average Bonchev–Trinajstić information content (AvgIpc) is 3.03. The molecule has 44 heavy (non-hydrogen) atoms. The molecule has 13 heteroatoms. The van der Waals surface area contributed by atoms with Gasteiger partial charge in [0.2, 0.25) is 5.91 Å². The van der Waals surface area contributed by atoms with E-state index < -0.39 is 43.9 Å². The third-order valence-electron chi connectivity index (χ3n) is 6.67. The number of hydrogen-bond donors (Lipinski definition) is 2. The van der Waals surface area contributed by atoms with Crippen LogP contribution in [0.25, 0.3) is 0 Å². The number of rotatable bonds is 12. The van der Waals surface area contributed by atoms with E-state index in [1.54, 1.807) is 12.1 Å². The molecule has 0 saturated heterocycles. The maximum atomic E-state index is 14.0. The molecule has 4 aromatic rings. The molecule has 0 saturated carbocycles. The quantitative estimate of drug-likeness (QED) is 0.167. The smallest absolute Gasteiger partial charge is 0.289 e. The second kappa shape index (κ2) is 13.7. The van der Waals surface area contributed by atoms with Crippen LogP contribution in [0.4, 0.5) is 17.1 Å². The number of amides is 2. The van der Waals surface area contributed by atoms with Gasteiger partial charge in [-0.2, -0.15) is 0 Å². The second-order valence-electron chi connectivity index (χ2n) is 9.47. The number of nitrogens with one attached hydrogen (secondary N) is 2. The molecule has 2 amide bonds. The minimum Gasteiger partial charge on any atom is -0.497 e. The van der Waals surface area contributed by atoms with E-state index >= 15 is 0 Å². The zero-order valence-corrected chi connectivity index (χ0v) is 24.9. The molecule has 0 fully saturated rings. The lowest BCUT2D eigenvalue weighted by atomic mass is 10.1. The number of methoxy groups -OCH3 is 2. The number of nitro groups is 1. The molecular weight excluding hydrogens is 588 g/mol. The molecule has 0 aliphatic carbocycles. The number of benzene rings is 4. The van der Waals surface area contributed by atoms with Crippen molar-refractivity contribution in [2.75, 3.05) is 30.4 Å². The summed E-state index contributed by atoms with van der Waals surface area (Å²) < 4.78 is 39.3. The van der Waals surface area contributed by atoms with Gasteiger partial charge in [0.05, 0.1) is 42.1 Å². The van der Waals surface area contributed by atoms with Crippen molar-refractivity contribution in [3.8, 4) is 11.5 Å². The summed E-state index contributed by atoms with van der Waals surface area (Å²) in [4.78, 5) is 37.0. The molecule has 0 bridgehead atoms. The van der Waals surface area contributed by atoms with Crippen molar-refractivity contribution in [1.29, 1.82) is 0 Å². The number of hydrogen-bond acceptors (Lipinski definition) is 8. The number of nitrogens with zero attached hydrogens (tertiary/aromatic N) is 2. The number of nitro benzene ring substituents is 1. The van der Waals surface area contributed by atoms with Crippen LogP contribution in [0.3, 0.4) is 0 Å². The Kier molecular flexibility index (Phi) is 9.81. The number of carbonyl (C=O) groups is 2. The molecule has 1 atom stereocenters. The first-order chi connectivity index (χ1) is 21.1. The van der Waals surface area contributed by atoms with Gasteiger partial charge in [-0.3, -0.25) is 24.0 Å². The Morgan fingerprint density at radius 3 is 2.25 bits per heavy atom.